The van der Waals surface area contributed by atoms with Crippen molar-refractivity contribution >= 4 is 22.9 Å². The molecule has 4 heterocycles. The first kappa shape index (κ1) is 14.3. The van der Waals surface area contributed by atoms with E-state index >= 15 is 0 Å². The fourth-order valence-electron chi connectivity index (χ4n) is 3.16. The van der Waals surface area contributed by atoms with Crippen molar-refractivity contribution in [1.82, 2.24) is 24.5 Å². The average molecular weight is 327 g/mol. The van der Waals surface area contributed by atoms with Gasteiger partial charge >= 0.3 is 0 Å². The Balaban J connectivity index is 1.60. The Hall–Kier alpha value is -2.28. The number of aromatic nitrogens is 4. The lowest BCUT2D eigenvalue weighted by atomic mass is 9.97. The van der Waals surface area contributed by atoms with Crippen LogP contribution in [0.4, 0.5) is 0 Å². The monoisotopic (exact) mass is 327 g/mol. The molecule has 0 unspecified atom stereocenters. The molecule has 1 saturated heterocycles. The summed E-state index contributed by atoms with van der Waals surface area (Å²) < 4.78 is 2.02. The van der Waals surface area contributed by atoms with E-state index in [-0.39, 0.29) is 11.8 Å². The van der Waals surface area contributed by atoms with Gasteiger partial charge in [0.15, 0.2) is 5.65 Å². The average Bonchev–Trinajstić information content (AvgIpc) is 3.20. The van der Waals surface area contributed by atoms with Gasteiger partial charge in [0, 0.05) is 25.2 Å². The van der Waals surface area contributed by atoms with Crippen LogP contribution in [-0.2, 0) is 0 Å². The minimum absolute atomic E-state index is 0.0866. The molecule has 0 N–H and O–H groups in total. The second kappa shape index (κ2) is 5.73. The Labute approximate surface area is 137 Å². The molecule has 23 heavy (non-hydrogen) atoms. The first-order valence-electron chi connectivity index (χ1n) is 7.73. The van der Waals surface area contributed by atoms with Crippen LogP contribution in [0.15, 0.2) is 29.9 Å². The highest BCUT2D eigenvalue weighted by atomic mass is 32.1. The number of amides is 1. The lowest BCUT2D eigenvalue weighted by Gasteiger charge is -2.31. The molecular weight excluding hydrogens is 310 g/mol. The van der Waals surface area contributed by atoms with E-state index in [1.807, 2.05) is 40.6 Å². The SMILES string of the molecule is Cc1ncsc1C(=O)N1CCC[C@@H](c2nnc3ccccn23)C1. The number of aryl methyl sites for hydroxylation is 1. The van der Waals surface area contributed by atoms with Crippen LogP contribution < -0.4 is 0 Å². The zero-order chi connectivity index (χ0) is 15.8. The minimum atomic E-state index is 0.0866. The Kier molecular flexibility index (Phi) is 3.57. The zero-order valence-electron chi connectivity index (χ0n) is 12.8. The van der Waals surface area contributed by atoms with E-state index in [1.54, 1.807) is 5.51 Å². The molecule has 6 nitrogen and oxygen atoms in total. The number of carbonyl (C=O) groups is 1. The maximum absolute atomic E-state index is 12.7. The molecule has 118 valence electrons. The van der Waals surface area contributed by atoms with Crippen molar-refractivity contribution in [3.8, 4) is 0 Å². The predicted octanol–water partition coefficient (Wildman–Crippen LogP) is 2.51. The molecular formula is C16H17N5OS. The van der Waals surface area contributed by atoms with E-state index in [2.05, 4.69) is 15.2 Å². The molecule has 1 aliphatic heterocycles. The Morgan fingerprint density at radius 1 is 1.35 bits per heavy atom. The van der Waals surface area contributed by atoms with Gasteiger partial charge in [0.2, 0.25) is 0 Å². The highest BCUT2D eigenvalue weighted by Crippen LogP contribution is 2.28. The van der Waals surface area contributed by atoms with Crippen molar-refractivity contribution in [1.29, 1.82) is 0 Å². The molecule has 7 heteroatoms. The van der Waals surface area contributed by atoms with E-state index in [0.29, 0.717) is 6.54 Å². The molecule has 1 amide bonds. The Bertz CT molecular complexity index is 855. The van der Waals surface area contributed by atoms with E-state index in [4.69, 9.17) is 0 Å². The predicted molar refractivity (Wildman–Crippen MR) is 87.7 cm³/mol. The lowest BCUT2D eigenvalue weighted by Crippen LogP contribution is -2.39. The lowest BCUT2D eigenvalue weighted by molar-refractivity contribution is 0.0708. The first-order valence-corrected chi connectivity index (χ1v) is 8.61. The summed E-state index contributed by atoms with van der Waals surface area (Å²) in [4.78, 5) is 19.6. The zero-order valence-corrected chi connectivity index (χ0v) is 13.7. The second-order valence-electron chi connectivity index (χ2n) is 5.84. The van der Waals surface area contributed by atoms with Crippen molar-refractivity contribution < 1.29 is 4.79 Å². The van der Waals surface area contributed by atoms with Crippen LogP contribution in [0.2, 0.25) is 0 Å². The highest BCUT2D eigenvalue weighted by Gasteiger charge is 2.29. The number of nitrogens with zero attached hydrogens (tertiary/aromatic N) is 5. The summed E-state index contributed by atoms with van der Waals surface area (Å²) in [5.74, 6) is 1.25. The van der Waals surface area contributed by atoms with Gasteiger partial charge in [-0.3, -0.25) is 9.20 Å². The van der Waals surface area contributed by atoms with Crippen LogP contribution in [0.3, 0.4) is 0 Å². The molecule has 0 saturated carbocycles. The largest absolute Gasteiger partial charge is 0.337 e. The fourth-order valence-corrected chi connectivity index (χ4v) is 3.93. The number of piperidine rings is 1. The number of carbonyl (C=O) groups excluding carboxylic acids is 1. The maximum Gasteiger partial charge on any atom is 0.265 e. The summed E-state index contributed by atoms with van der Waals surface area (Å²) in [6.07, 6.45) is 4.00. The third-order valence-electron chi connectivity index (χ3n) is 4.35. The molecule has 0 aliphatic carbocycles. The number of likely N-dealkylation sites (tertiary alicyclic amines) is 1. The summed E-state index contributed by atoms with van der Waals surface area (Å²) in [6.45, 7) is 3.37. The molecule has 1 atom stereocenters. The van der Waals surface area contributed by atoms with Gasteiger partial charge in [-0.25, -0.2) is 4.98 Å². The Morgan fingerprint density at radius 2 is 2.26 bits per heavy atom. The van der Waals surface area contributed by atoms with Crippen molar-refractivity contribution in [2.75, 3.05) is 13.1 Å². The standard InChI is InChI=1S/C16H17N5OS/c1-11-14(23-10-17-11)16(22)20-7-4-5-12(9-20)15-19-18-13-6-2-3-8-21(13)15/h2-3,6,8,10,12H,4-5,7,9H2,1H3/t12-/m1/s1. The third kappa shape index (κ3) is 2.50. The molecule has 3 aromatic rings. The van der Waals surface area contributed by atoms with Crippen LogP contribution in [0.1, 0.15) is 39.9 Å². The molecule has 1 fully saturated rings. The molecule has 4 rings (SSSR count). The number of thiazole rings is 1. The second-order valence-corrected chi connectivity index (χ2v) is 6.70. The van der Waals surface area contributed by atoms with Gasteiger partial charge in [-0.2, -0.15) is 0 Å². The quantitative estimate of drug-likeness (QED) is 0.725. The van der Waals surface area contributed by atoms with Gasteiger partial charge in [0.05, 0.1) is 11.2 Å². The maximum atomic E-state index is 12.7. The van der Waals surface area contributed by atoms with Gasteiger partial charge in [-0.15, -0.1) is 21.5 Å². The first-order chi connectivity index (χ1) is 11.2. The van der Waals surface area contributed by atoms with Crippen molar-refractivity contribution in [2.45, 2.75) is 25.7 Å². The van der Waals surface area contributed by atoms with Gasteiger partial charge in [0.25, 0.3) is 5.91 Å². The number of hydrogen-bond donors (Lipinski definition) is 0. The summed E-state index contributed by atoms with van der Waals surface area (Å²) in [5.41, 5.74) is 3.40. The van der Waals surface area contributed by atoms with E-state index in [0.717, 1.165) is 41.4 Å². The van der Waals surface area contributed by atoms with Crippen LogP contribution >= 0.6 is 11.3 Å². The summed E-state index contributed by atoms with van der Waals surface area (Å²) >= 11 is 1.42. The normalized spacial score (nSPS) is 18.5. The fraction of sp³-hybridized carbons (Fsp3) is 0.375. The minimum Gasteiger partial charge on any atom is -0.337 e. The molecule has 0 aromatic carbocycles. The highest BCUT2D eigenvalue weighted by molar-refractivity contribution is 7.11. The number of fused-ring (bicyclic) bond motifs is 1. The van der Waals surface area contributed by atoms with Crippen molar-refractivity contribution in [3.63, 3.8) is 0 Å². The molecule has 0 bridgehead atoms. The topological polar surface area (TPSA) is 63.4 Å². The molecule has 1 aliphatic rings. The summed E-state index contributed by atoms with van der Waals surface area (Å²) in [6, 6.07) is 5.88. The van der Waals surface area contributed by atoms with Crippen LogP contribution in [0.25, 0.3) is 5.65 Å². The van der Waals surface area contributed by atoms with E-state index in [1.165, 1.54) is 11.3 Å². The van der Waals surface area contributed by atoms with E-state index in [9.17, 15) is 4.79 Å². The number of pyridine rings is 1. The van der Waals surface area contributed by atoms with Crippen LogP contribution in [0.5, 0.6) is 0 Å². The molecule has 3 aromatic heterocycles. The molecule has 0 radical (unpaired) electrons. The molecule has 0 spiro atoms. The smallest absolute Gasteiger partial charge is 0.265 e. The Morgan fingerprint density at radius 3 is 3.09 bits per heavy atom. The van der Waals surface area contributed by atoms with Gasteiger partial charge in [0.1, 0.15) is 10.7 Å². The summed E-state index contributed by atoms with van der Waals surface area (Å²) in [5, 5.41) is 8.59. The van der Waals surface area contributed by atoms with Crippen LogP contribution in [0, 0.1) is 6.92 Å². The van der Waals surface area contributed by atoms with Crippen molar-refractivity contribution in [2.24, 2.45) is 0 Å². The van der Waals surface area contributed by atoms with Gasteiger partial charge in [-0.05, 0) is 31.9 Å². The van der Waals surface area contributed by atoms with E-state index < -0.39 is 0 Å². The van der Waals surface area contributed by atoms with Gasteiger partial charge in [-0.1, -0.05) is 6.07 Å². The summed E-state index contributed by atoms with van der Waals surface area (Å²) in [7, 11) is 0. The number of rotatable bonds is 2. The van der Waals surface area contributed by atoms with Gasteiger partial charge < -0.3 is 4.90 Å². The van der Waals surface area contributed by atoms with Crippen LogP contribution in [-0.4, -0.2) is 43.5 Å². The number of hydrogen-bond acceptors (Lipinski definition) is 5. The third-order valence-corrected chi connectivity index (χ3v) is 5.27. The van der Waals surface area contributed by atoms with Crippen molar-refractivity contribution in [3.05, 3.63) is 46.3 Å².